The van der Waals surface area contributed by atoms with Crippen LogP contribution in [-0.4, -0.2) is 41.1 Å². The van der Waals surface area contributed by atoms with Gasteiger partial charge in [-0.25, -0.2) is 0 Å². The molecule has 1 atom stereocenters. The first-order valence-corrected chi connectivity index (χ1v) is 4.94. The highest BCUT2D eigenvalue weighted by Gasteiger charge is 2.11. The summed E-state index contributed by atoms with van der Waals surface area (Å²) in [6, 6.07) is 0.0700. The smallest absolute Gasteiger partial charge is 0.324 e. The van der Waals surface area contributed by atoms with Crippen LogP contribution in [0, 0.1) is 0 Å². The van der Waals surface area contributed by atoms with E-state index in [1.807, 2.05) is 0 Å². The Labute approximate surface area is 98.6 Å². The predicted molar refractivity (Wildman–Crippen MR) is 59.8 cm³/mol. The normalized spacial score (nSPS) is 11.7. The Balaban J connectivity index is 2.79. The molecule has 0 saturated heterocycles. The van der Waals surface area contributed by atoms with Crippen molar-refractivity contribution in [1.82, 2.24) is 15.0 Å². The van der Waals surface area contributed by atoms with E-state index in [2.05, 4.69) is 20.3 Å². The van der Waals surface area contributed by atoms with Crippen molar-refractivity contribution in [3.63, 3.8) is 0 Å². The van der Waals surface area contributed by atoms with Crippen LogP contribution < -0.4 is 20.5 Å². The van der Waals surface area contributed by atoms with Crippen LogP contribution in [0.25, 0.3) is 0 Å². The first-order chi connectivity index (χ1) is 8.05. The second-order valence-electron chi connectivity index (χ2n) is 3.35. The predicted octanol–water partition coefficient (Wildman–Crippen LogP) is -0.435. The number of amides is 1. The molecule has 1 unspecified atom stereocenters. The van der Waals surface area contributed by atoms with Gasteiger partial charge in [0.1, 0.15) is 0 Å². The van der Waals surface area contributed by atoms with E-state index in [1.54, 1.807) is 6.92 Å². The zero-order chi connectivity index (χ0) is 12.8. The first kappa shape index (κ1) is 12.9. The molecule has 0 aromatic carbocycles. The number of carbonyl (C=O) groups excluding carboxylic acids is 1. The van der Waals surface area contributed by atoms with Gasteiger partial charge in [0.15, 0.2) is 0 Å². The summed E-state index contributed by atoms with van der Waals surface area (Å²) in [5, 5.41) is 2.90. The Morgan fingerprint density at radius 1 is 1.29 bits per heavy atom. The van der Waals surface area contributed by atoms with Crippen LogP contribution in [0.5, 0.6) is 12.0 Å². The number of hydrogen-bond donors (Lipinski definition) is 2. The molecule has 0 bridgehead atoms. The minimum atomic E-state index is -0.405. The number of hydrogen-bond acceptors (Lipinski definition) is 7. The number of aromatic nitrogens is 3. The van der Waals surface area contributed by atoms with Crippen LogP contribution >= 0.6 is 0 Å². The molecule has 1 rings (SSSR count). The molecule has 1 aromatic rings. The molecule has 1 aromatic heterocycles. The van der Waals surface area contributed by atoms with Crippen LogP contribution in [0.3, 0.4) is 0 Å². The third kappa shape index (κ3) is 4.09. The maximum Gasteiger partial charge on any atom is 0.324 e. The number of anilines is 1. The lowest BCUT2D eigenvalue weighted by atomic mass is 10.2. The van der Waals surface area contributed by atoms with Crippen molar-refractivity contribution in [2.24, 2.45) is 5.73 Å². The molecule has 1 amide bonds. The van der Waals surface area contributed by atoms with Crippen molar-refractivity contribution >= 4 is 11.9 Å². The second kappa shape index (κ2) is 5.83. The summed E-state index contributed by atoms with van der Waals surface area (Å²) >= 11 is 0. The monoisotopic (exact) mass is 241 g/mol. The molecule has 0 saturated carbocycles. The van der Waals surface area contributed by atoms with Crippen molar-refractivity contribution < 1.29 is 14.3 Å². The zero-order valence-corrected chi connectivity index (χ0v) is 9.93. The molecule has 8 heteroatoms. The minimum absolute atomic E-state index is 0.130. The number of ether oxygens (including phenoxy) is 2. The highest BCUT2D eigenvalue weighted by Crippen LogP contribution is 2.13. The summed E-state index contributed by atoms with van der Waals surface area (Å²) < 4.78 is 9.77. The standard InChI is InChI=1S/C9H15N5O3/c1-5(4-6(10)15)11-7-12-8(16-2)14-9(13-7)17-3/h5H,4H2,1-3H3,(H2,10,15)(H,11,12,13,14). The fourth-order valence-electron chi connectivity index (χ4n) is 1.16. The van der Waals surface area contributed by atoms with Gasteiger partial charge in [-0.3, -0.25) is 4.79 Å². The van der Waals surface area contributed by atoms with Crippen LogP contribution in [0.1, 0.15) is 13.3 Å². The average Bonchev–Trinajstić information content (AvgIpc) is 2.27. The lowest BCUT2D eigenvalue weighted by Crippen LogP contribution is -2.25. The van der Waals surface area contributed by atoms with E-state index in [-0.39, 0.29) is 30.4 Å². The van der Waals surface area contributed by atoms with E-state index in [4.69, 9.17) is 15.2 Å². The van der Waals surface area contributed by atoms with Gasteiger partial charge in [0.2, 0.25) is 11.9 Å². The van der Waals surface area contributed by atoms with Crippen LogP contribution in [0.4, 0.5) is 5.95 Å². The van der Waals surface area contributed by atoms with E-state index >= 15 is 0 Å². The van der Waals surface area contributed by atoms with Crippen molar-refractivity contribution in [3.8, 4) is 12.0 Å². The molecular formula is C9H15N5O3. The fraction of sp³-hybridized carbons (Fsp3) is 0.556. The average molecular weight is 241 g/mol. The van der Waals surface area contributed by atoms with Crippen molar-refractivity contribution in [1.29, 1.82) is 0 Å². The van der Waals surface area contributed by atoms with Gasteiger partial charge in [-0.05, 0) is 6.92 Å². The molecule has 0 spiro atoms. The van der Waals surface area contributed by atoms with Gasteiger partial charge < -0.3 is 20.5 Å². The fourth-order valence-corrected chi connectivity index (χ4v) is 1.16. The Morgan fingerprint density at radius 3 is 2.24 bits per heavy atom. The number of nitrogens with two attached hydrogens (primary N) is 1. The highest BCUT2D eigenvalue weighted by molar-refractivity contribution is 5.74. The lowest BCUT2D eigenvalue weighted by molar-refractivity contribution is -0.118. The van der Waals surface area contributed by atoms with Gasteiger partial charge in [-0.15, -0.1) is 4.98 Å². The molecule has 0 aliphatic rings. The lowest BCUT2D eigenvalue weighted by Gasteiger charge is -2.12. The number of rotatable bonds is 6. The van der Waals surface area contributed by atoms with Gasteiger partial charge in [-0.2, -0.15) is 9.97 Å². The van der Waals surface area contributed by atoms with Crippen LogP contribution in [-0.2, 0) is 4.79 Å². The maximum atomic E-state index is 10.7. The summed E-state index contributed by atoms with van der Waals surface area (Å²) in [5.41, 5.74) is 5.08. The summed E-state index contributed by atoms with van der Waals surface area (Å²) in [6.07, 6.45) is 0.177. The minimum Gasteiger partial charge on any atom is -0.467 e. The molecule has 3 N–H and O–H groups in total. The Bertz CT molecular complexity index is 376. The molecular weight excluding hydrogens is 226 g/mol. The number of carbonyl (C=O) groups is 1. The SMILES string of the molecule is COc1nc(NC(C)CC(N)=O)nc(OC)n1. The number of nitrogens with zero attached hydrogens (tertiary/aromatic N) is 3. The van der Waals surface area contributed by atoms with Gasteiger partial charge >= 0.3 is 12.0 Å². The summed E-state index contributed by atoms with van der Waals surface area (Å²) in [4.78, 5) is 22.5. The summed E-state index contributed by atoms with van der Waals surface area (Å²) in [5.74, 6) is -0.138. The van der Waals surface area contributed by atoms with Gasteiger partial charge in [-0.1, -0.05) is 0 Å². The van der Waals surface area contributed by atoms with E-state index in [1.165, 1.54) is 14.2 Å². The van der Waals surface area contributed by atoms with E-state index < -0.39 is 5.91 Å². The molecule has 17 heavy (non-hydrogen) atoms. The third-order valence-electron chi connectivity index (χ3n) is 1.84. The number of methoxy groups -OCH3 is 2. The zero-order valence-electron chi connectivity index (χ0n) is 9.93. The van der Waals surface area contributed by atoms with Crippen molar-refractivity contribution in [3.05, 3.63) is 0 Å². The quantitative estimate of drug-likeness (QED) is 0.694. The molecule has 0 aliphatic carbocycles. The third-order valence-corrected chi connectivity index (χ3v) is 1.84. The molecule has 0 radical (unpaired) electrons. The molecule has 0 aliphatic heterocycles. The van der Waals surface area contributed by atoms with E-state index in [9.17, 15) is 4.79 Å². The van der Waals surface area contributed by atoms with E-state index in [0.717, 1.165) is 0 Å². The Morgan fingerprint density at radius 2 is 1.82 bits per heavy atom. The second-order valence-corrected chi connectivity index (χ2v) is 3.35. The van der Waals surface area contributed by atoms with Gasteiger partial charge in [0.05, 0.1) is 14.2 Å². The first-order valence-electron chi connectivity index (χ1n) is 4.94. The topological polar surface area (TPSA) is 112 Å². The Kier molecular flexibility index (Phi) is 4.44. The summed E-state index contributed by atoms with van der Waals surface area (Å²) in [6.45, 7) is 1.79. The maximum absolute atomic E-state index is 10.7. The Hall–Kier alpha value is -2.12. The van der Waals surface area contributed by atoms with Gasteiger partial charge in [0, 0.05) is 12.5 Å². The largest absolute Gasteiger partial charge is 0.467 e. The van der Waals surface area contributed by atoms with Crippen molar-refractivity contribution in [2.75, 3.05) is 19.5 Å². The molecule has 94 valence electrons. The molecule has 0 fully saturated rings. The number of nitrogens with one attached hydrogen (secondary N) is 1. The van der Waals surface area contributed by atoms with Crippen molar-refractivity contribution in [2.45, 2.75) is 19.4 Å². The summed E-state index contributed by atoms with van der Waals surface area (Å²) in [7, 11) is 2.87. The van der Waals surface area contributed by atoms with Crippen LogP contribution in [0.15, 0.2) is 0 Å². The molecule has 8 nitrogen and oxygen atoms in total. The number of primary amides is 1. The van der Waals surface area contributed by atoms with Crippen LogP contribution in [0.2, 0.25) is 0 Å². The molecule has 1 heterocycles. The van der Waals surface area contributed by atoms with Gasteiger partial charge in [0.25, 0.3) is 0 Å². The highest BCUT2D eigenvalue weighted by atomic mass is 16.5. The van der Waals surface area contributed by atoms with E-state index in [0.29, 0.717) is 0 Å².